The molecule has 0 spiro atoms. The second-order valence-corrected chi connectivity index (χ2v) is 6.04. The highest BCUT2D eigenvalue weighted by Gasteiger charge is 2.18. The zero-order chi connectivity index (χ0) is 11.9. The van der Waals surface area contributed by atoms with E-state index in [2.05, 4.69) is 36.5 Å². The average Bonchev–Trinajstić information content (AvgIpc) is 2.39. The lowest BCUT2D eigenvalue weighted by Gasteiger charge is -2.26. The van der Waals surface area contributed by atoms with E-state index in [1.54, 1.807) is 11.1 Å². The summed E-state index contributed by atoms with van der Waals surface area (Å²) < 4.78 is 0. The minimum absolute atomic E-state index is 0.603. The summed E-state index contributed by atoms with van der Waals surface area (Å²) in [6.07, 6.45) is 5.19. The van der Waals surface area contributed by atoms with E-state index >= 15 is 0 Å². The molecule has 1 nitrogen and oxygen atoms in total. The number of thioether (sulfide) groups is 1. The molecule has 1 unspecified atom stereocenters. The third-order valence-electron chi connectivity index (χ3n) is 3.43. The van der Waals surface area contributed by atoms with Gasteiger partial charge in [0.05, 0.1) is 0 Å². The Labute approximate surface area is 109 Å². The van der Waals surface area contributed by atoms with Crippen LogP contribution < -0.4 is 5.32 Å². The van der Waals surface area contributed by atoms with Crippen LogP contribution in [0.2, 0.25) is 0 Å². The van der Waals surface area contributed by atoms with Gasteiger partial charge in [-0.25, -0.2) is 0 Å². The van der Waals surface area contributed by atoms with Gasteiger partial charge < -0.3 is 5.32 Å². The summed E-state index contributed by atoms with van der Waals surface area (Å²) in [7, 11) is 0. The van der Waals surface area contributed by atoms with E-state index in [4.69, 9.17) is 0 Å². The Balaban J connectivity index is 1.82. The van der Waals surface area contributed by atoms with Crippen LogP contribution in [-0.4, -0.2) is 18.1 Å². The van der Waals surface area contributed by atoms with E-state index in [1.807, 2.05) is 11.8 Å². The largest absolute Gasteiger partial charge is 0.310 e. The number of nitrogens with one attached hydrogen (secondary N) is 1. The molecule has 1 aliphatic carbocycles. The summed E-state index contributed by atoms with van der Waals surface area (Å²) in [6.45, 7) is 3.39. The average molecular weight is 249 g/mol. The van der Waals surface area contributed by atoms with E-state index in [9.17, 15) is 0 Å². The van der Waals surface area contributed by atoms with Gasteiger partial charge >= 0.3 is 0 Å². The summed E-state index contributed by atoms with van der Waals surface area (Å²) in [5, 5.41) is 3.72. The maximum Gasteiger partial charge on any atom is 0.0323 e. The monoisotopic (exact) mass is 249 g/mol. The van der Waals surface area contributed by atoms with E-state index in [-0.39, 0.29) is 0 Å². The van der Waals surface area contributed by atoms with Crippen LogP contribution in [0.15, 0.2) is 24.3 Å². The highest BCUT2D eigenvalue weighted by molar-refractivity contribution is 7.99. The molecule has 0 saturated carbocycles. The van der Waals surface area contributed by atoms with Gasteiger partial charge in [-0.15, -0.1) is 0 Å². The quantitative estimate of drug-likeness (QED) is 0.770. The zero-order valence-corrected chi connectivity index (χ0v) is 11.6. The first-order valence-corrected chi connectivity index (χ1v) is 7.96. The molecule has 0 saturated heterocycles. The Kier molecular flexibility index (Phi) is 5.40. The van der Waals surface area contributed by atoms with Gasteiger partial charge in [-0.2, -0.15) is 11.8 Å². The van der Waals surface area contributed by atoms with Gasteiger partial charge in [-0.3, -0.25) is 0 Å². The van der Waals surface area contributed by atoms with Crippen molar-refractivity contribution in [2.45, 2.75) is 38.6 Å². The summed E-state index contributed by atoms with van der Waals surface area (Å²) in [5.41, 5.74) is 3.10. The van der Waals surface area contributed by atoms with E-state index in [1.165, 1.54) is 37.2 Å². The fourth-order valence-corrected chi connectivity index (χ4v) is 3.20. The maximum absolute atomic E-state index is 3.72. The molecule has 0 aromatic heterocycles. The molecule has 17 heavy (non-hydrogen) atoms. The molecule has 1 aliphatic rings. The first kappa shape index (κ1) is 13.0. The molecular weight excluding hydrogens is 226 g/mol. The molecule has 0 heterocycles. The Morgan fingerprint density at radius 2 is 2.24 bits per heavy atom. The molecular formula is C15H23NS. The molecule has 94 valence electrons. The van der Waals surface area contributed by atoms with Gasteiger partial charge in [0.15, 0.2) is 0 Å². The lowest BCUT2D eigenvalue weighted by molar-refractivity contribution is 0.461. The van der Waals surface area contributed by atoms with Crippen LogP contribution in [0.25, 0.3) is 0 Å². The molecule has 0 amide bonds. The number of fused-ring (bicyclic) bond motifs is 1. The first-order chi connectivity index (χ1) is 8.42. The normalized spacial score (nSPS) is 19.0. The predicted octanol–water partition coefficient (Wildman–Crippen LogP) is 3.80. The fourth-order valence-electron chi connectivity index (χ4n) is 2.56. The molecule has 1 aromatic carbocycles. The van der Waals surface area contributed by atoms with Crippen molar-refractivity contribution < 1.29 is 0 Å². The standard InChI is InChI=1S/C15H23NS/c1-2-17-12-6-11-16-15-10-5-8-13-7-3-4-9-14(13)15/h3-4,7,9,15-16H,2,5-6,8,10-12H2,1H3. The van der Waals surface area contributed by atoms with Crippen LogP contribution in [0, 0.1) is 0 Å². The topological polar surface area (TPSA) is 12.0 Å². The summed E-state index contributed by atoms with van der Waals surface area (Å²) in [4.78, 5) is 0. The van der Waals surface area contributed by atoms with Crippen molar-refractivity contribution in [3.63, 3.8) is 0 Å². The van der Waals surface area contributed by atoms with Crippen LogP contribution in [0.1, 0.15) is 43.4 Å². The number of aryl methyl sites for hydroxylation is 1. The van der Waals surface area contributed by atoms with E-state index in [0.29, 0.717) is 6.04 Å². The minimum Gasteiger partial charge on any atom is -0.310 e. The smallest absolute Gasteiger partial charge is 0.0323 e. The van der Waals surface area contributed by atoms with Gasteiger partial charge in [0.2, 0.25) is 0 Å². The number of hydrogen-bond donors (Lipinski definition) is 1. The molecule has 2 rings (SSSR count). The van der Waals surface area contributed by atoms with Crippen molar-refractivity contribution >= 4 is 11.8 Å². The second kappa shape index (κ2) is 7.07. The van der Waals surface area contributed by atoms with E-state index in [0.717, 1.165) is 6.54 Å². The SMILES string of the molecule is CCSCCCNC1CCCc2ccccc21. The molecule has 1 N–H and O–H groups in total. The molecule has 0 fully saturated rings. The van der Waals surface area contributed by atoms with Crippen LogP contribution in [-0.2, 0) is 6.42 Å². The molecule has 2 heteroatoms. The van der Waals surface area contributed by atoms with Gasteiger partial charge in [0.1, 0.15) is 0 Å². The van der Waals surface area contributed by atoms with Crippen molar-refractivity contribution in [2.75, 3.05) is 18.1 Å². The highest BCUT2D eigenvalue weighted by atomic mass is 32.2. The van der Waals surface area contributed by atoms with Crippen LogP contribution in [0.5, 0.6) is 0 Å². The molecule has 0 aliphatic heterocycles. The van der Waals surface area contributed by atoms with Crippen molar-refractivity contribution in [2.24, 2.45) is 0 Å². The van der Waals surface area contributed by atoms with E-state index < -0.39 is 0 Å². The second-order valence-electron chi connectivity index (χ2n) is 4.65. The molecule has 1 atom stereocenters. The lowest BCUT2D eigenvalue weighted by atomic mass is 9.88. The van der Waals surface area contributed by atoms with Crippen LogP contribution in [0.4, 0.5) is 0 Å². The predicted molar refractivity (Wildman–Crippen MR) is 77.7 cm³/mol. The Hall–Kier alpha value is -0.470. The molecule has 1 aromatic rings. The number of benzene rings is 1. The van der Waals surface area contributed by atoms with Crippen molar-refractivity contribution in [3.05, 3.63) is 35.4 Å². The minimum atomic E-state index is 0.603. The number of rotatable bonds is 6. The Morgan fingerprint density at radius 1 is 1.35 bits per heavy atom. The van der Waals surface area contributed by atoms with Gasteiger partial charge in [-0.05, 0) is 54.9 Å². The third kappa shape index (κ3) is 3.75. The zero-order valence-electron chi connectivity index (χ0n) is 10.7. The lowest BCUT2D eigenvalue weighted by Crippen LogP contribution is -2.26. The highest BCUT2D eigenvalue weighted by Crippen LogP contribution is 2.29. The first-order valence-electron chi connectivity index (χ1n) is 6.80. The van der Waals surface area contributed by atoms with Crippen molar-refractivity contribution in [3.8, 4) is 0 Å². The Morgan fingerprint density at radius 3 is 3.12 bits per heavy atom. The fraction of sp³-hybridized carbons (Fsp3) is 0.600. The van der Waals surface area contributed by atoms with Crippen molar-refractivity contribution in [1.82, 2.24) is 5.32 Å². The maximum atomic E-state index is 3.72. The summed E-state index contributed by atoms with van der Waals surface area (Å²) in [5.74, 6) is 2.53. The molecule has 0 radical (unpaired) electrons. The number of hydrogen-bond acceptors (Lipinski definition) is 2. The van der Waals surface area contributed by atoms with Crippen LogP contribution in [0.3, 0.4) is 0 Å². The Bertz CT molecular complexity index is 337. The third-order valence-corrected chi connectivity index (χ3v) is 4.42. The van der Waals surface area contributed by atoms with Crippen molar-refractivity contribution in [1.29, 1.82) is 0 Å². The van der Waals surface area contributed by atoms with Gasteiger partial charge in [0, 0.05) is 6.04 Å². The summed E-state index contributed by atoms with van der Waals surface area (Å²) in [6, 6.07) is 9.53. The van der Waals surface area contributed by atoms with Crippen LogP contribution >= 0.6 is 11.8 Å². The summed E-state index contributed by atoms with van der Waals surface area (Å²) >= 11 is 2.04. The molecule has 0 bridgehead atoms. The van der Waals surface area contributed by atoms with Gasteiger partial charge in [0.25, 0.3) is 0 Å². The van der Waals surface area contributed by atoms with Gasteiger partial charge in [-0.1, -0.05) is 31.2 Å².